The molecule has 0 saturated heterocycles. The third kappa shape index (κ3) is 4.90. The maximum Gasteiger partial charge on any atom is 0.124 e. The molecular weight excluding hydrogens is 233 g/mol. The van der Waals surface area contributed by atoms with E-state index in [0.717, 1.165) is 5.56 Å². The Kier molecular flexibility index (Phi) is 6.33. The van der Waals surface area contributed by atoms with Crippen molar-refractivity contribution in [2.75, 3.05) is 26.4 Å². The average Bonchev–Trinajstić information content (AvgIpc) is 2.26. The molecule has 0 aliphatic heterocycles. The first-order valence-corrected chi connectivity index (χ1v) is 5.45. The van der Waals surface area contributed by atoms with Gasteiger partial charge in [-0.2, -0.15) is 0 Å². The van der Waals surface area contributed by atoms with Gasteiger partial charge in [0.05, 0.1) is 19.8 Å². The fraction of sp³-hybridized carbons (Fsp3) is 0.455. The van der Waals surface area contributed by atoms with Crippen molar-refractivity contribution in [1.29, 1.82) is 0 Å². The van der Waals surface area contributed by atoms with E-state index >= 15 is 0 Å². The molecule has 1 aromatic rings. The molecule has 0 aliphatic carbocycles. The van der Waals surface area contributed by atoms with Crippen molar-refractivity contribution in [2.24, 2.45) is 0 Å². The summed E-state index contributed by atoms with van der Waals surface area (Å²) in [5, 5.41) is 12.0. The Morgan fingerprint density at radius 2 is 2.19 bits per heavy atom. The van der Waals surface area contributed by atoms with E-state index in [-0.39, 0.29) is 12.4 Å². The minimum atomic E-state index is -0.333. The Labute approximate surface area is 99.2 Å². The zero-order valence-corrected chi connectivity index (χ0v) is 9.63. The number of halogens is 2. The number of hydrogen-bond acceptors (Lipinski definition) is 3. The highest BCUT2D eigenvalue weighted by Gasteiger charge is 2.00. The first-order chi connectivity index (χ1) is 7.74. The van der Waals surface area contributed by atoms with Gasteiger partial charge in [0.1, 0.15) is 5.82 Å². The van der Waals surface area contributed by atoms with E-state index in [1.165, 1.54) is 12.1 Å². The summed E-state index contributed by atoms with van der Waals surface area (Å²) in [6.07, 6.45) is 0. The lowest BCUT2D eigenvalue weighted by atomic mass is 10.2. The molecule has 5 heteroatoms. The van der Waals surface area contributed by atoms with Crippen LogP contribution in [0.15, 0.2) is 18.2 Å². The van der Waals surface area contributed by atoms with Gasteiger partial charge in [-0.3, -0.25) is 0 Å². The van der Waals surface area contributed by atoms with Gasteiger partial charge in [0.15, 0.2) is 0 Å². The Morgan fingerprint density at radius 3 is 2.88 bits per heavy atom. The van der Waals surface area contributed by atoms with Crippen LogP contribution in [0.25, 0.3) is 0 Å². The largest absolute Gasteiger partial charge is 0.394 e. The fourth-order valence-corrected chi connectivity index (χ4v) is 1.43. The van der Waals surface area contributed by atoms with Gasteiger partial charge in [0, 0.05) is 18.1 Å². The number of rotatable bonds is 7. The smallest absolute Gasteiger partial charge is 0.124 e. The Balaban J connectivity index is 2.21. The molecule has 0 aliphatic rings. The Morgan fingerprint density at radius 1 is 1.38 bits per heavy atom. The lowest BCUT2D eigenvalue weighted by Crippen LogP contribution is -2.20. The number of hydrogen-bond donors (Lipinski definition) is 2. The average molecular weight is 248 g/mol. The van der Waals surface area contributed by atoms with E-state index in [1.807, 2.05) is 0 Å². The summed E-state index contributed by atoms with van der Waals surface area (Å²) in [6.45, 7) is 2.14. The number of ether oxygens (including phenoxy) is 1. The van der Waals surface area contributed by atoms with E-state index in [4.69, 9.17) is 21.4 Å². The van der Waals surface area contributed by atoms with Crippen molar-refractivity contribution in [3.8, 4) is 0 Å². The van der Waals surface area contributed by atoms with Crippen LogP contribution in [0.2, 0.25) is 5.02 Å². The van der Waals surface area contributed by atoms with Gasteiger partial charge >= 0.3 is 0 Å². The number of benzene rings is 1. The molecule has 2 N–H and O–H groups in total. The summed E-state index contributed by atoms with van der Waals surface area (Å²) in [5.41, 5.74) is 0.852. The first-order valence-electron chi connectivity index (χ1n) is 5.07. The van der Waals surface area contributed by atoms with Gasteiger partial charge < -0.3 is 15.2 Å². The number of aliphatic hydroxyl groups excluding tert-OH is 1. The predicted octanol–water partition coefficient (Wildman–Crippen LogP) is 1.58. The molecule has 0 bridgehead atoms. The molecule has 0 unspecified atom stereocenters. The summed E-state index contributed by atoms with van der Waals surface area (Å²) in [5.74, 6) is -0.333. The minimum absolute atomic E-state index is 0.0315. The molecule has 16 heavy (non-hydrogen) atoms. The first kappa shape index (κ1) is 13.4. The van der Waals surface area contributed by atoms with Gasteiger partial charge in [-0.15, -0.1) is 0 Å². The highest BCUT2D eigenvalue weighted by molar-refractivity contribution is 6.31. The van der Waals surface area contributed by atoms with Gasteiger partial charge in [0.25, 0.3) is 0 Å². The Bertz CT molecular complexity index is 323. The lowest BCUT2D eigenvalue weighted by molar-refractivity contribution is 0.0938. The van der Waals surface area contributed by atoms with E-state index in [0.29, 0.717) is 31.3 Å². The van der Waals surface area contributed by atoms with Crippen LogP contribution >= 0.6 is 11.6 Å². The predicted molar refractivity (Wildman–Crippen MR) is 61.0 cm³/mol. The van der Waals surface area contributed by atoms with Gasteiger partial charge in [-0.25, -0.2) is 4.39 Å². The van der Waals surface area contributed by atoms with E-state index in [1.54, 1.807) is 6.07 Å². The zero-order valence-electron chi connectivity index (χ0n) is 8.88. The molecule has 0 saturated carbocycles. The summed E-state index contributed by atoms with van der Waals surface area (Å²) in [4.78, 5) is 0. The standard InChI is InChI=1S/C11H15ClFNO2/c12-11-7-10(13)2-1-9(11)8-14-3-5-16-6-4-15/h1-2,7,14-15H,3-6,8H2. The molecule has 0 fully saturated rings. The number of nitrogens with one attached hydrogen (secondary N) is 1. The molecule has 1 aromatic carbocycles. The molecule has 0 radical (unpaired) electrons. The van der Waals surface area contributed by atoms with Crippen molar-refractivity contribution in [1.82, 2.24) is 5.32 Å². The van der Waals surface area contributed by atoms with E-state index in [9.17, 15) is 4.39 Å². The van der Waals surface area contributed by atoms with Gasteiger partial charge in [-0.05, 0) is 17.7 Å². The second-order valence-electron chi connectivity index (χ2n) is 3.25. The van der Waals surface area contributed by atoms with E-state index in [2.05, 4.69) is 5.32 Å². The Hall–Kier alpha value is -0.680. The minimum Gasteiger partial charge on any atom is -0.394 e. The van der Waals surface area contributed by atoms with Crippen LogP contribution in [0, 0.1) is 5.82 Å². The summed E-state index contributed by atoms with van der Waals surface area (Å²) < 4.78 is 17.8. The zero-order chi connectivity index (χ0) is 11.8. The molecule has 0 aromatic heterocycles. The second-order valence-corrected chi connectivity index (χ2v) is 3.66. The highest BCUT2D eigenvalue weighted by Crippen LogP contribution is 2.16. The molecular formula is C11H15ClFNO2. The normalized spacial score (nSPS) is 10.7. The summed E-state index contributed by atoms with van der Waals surface area (Å²) in [7, 11) is 0. The second kappa shape index (κ2) is 7.57. The van der Waals surface area contributed by atoms with Crippen LogP contribution in [0.5, 0.6) is 0 Å². The topological polar surface area (TPSA) is 41.5 Å². The van der Waals surface area contributed by atoms with Crippen LogP contribution in [0.1, 0.15) is 5.56 Å². The van der Waals surface area contributed by atoms with Crippen molar-refractivity contribution in [2.45, 2.75) is 6.54 Å². The van der Waals surface area contributed by atoms with Crippen molar-refractivity contribution >= 4 is 11.6 Å². The molecule has 0 amide bonds. The van der Waals surface area contributed by atoms with Gasteiger partial charge in [0.2, 0.25) is 0 Å². The van der Waals surface area contributed by atoms with Crippen LogP contribution in [-0.4, -0.2) is 31.5 Å². The van der Waals surface area contributed by atoms with Crippen LogP contribution < -0.4 is 5.32 Å². The maximum atomic E-state index is 12.7. The third-order valence-electron chi connectivity index (χ3n) is 1.99. The molecule has 3 nitrogen and oxygen atoms in total. The van der Waals surface area contributed by atoms with Crippen LogP contribution in [0.3, 0.4) is 0 Å². The van der Waals surface area contributed by atoms with Crippen molar-refractivity contribution in [3.05, 3.63) is 34.6 Å². The molecule has 90 valence electrons. The third-order valence-corrected chi connectivity index (χ3v) is 2.34. The fourth-order valence-electron chi connectivity index (χ4n) is 1.20. The van der Waals surface area contributed by atoms with Crippen molar-refractivity contribution in [3.63, 3.8) is 0 Å². The highest BCUT2D eigenvalue weighted by atomic mass is 35.5. The molecule has 0 heterocycles. The molecule has 0 atom stereocenters. The molecule has 1 rings (SSSR count). The summed E-state index contributed by atoms with van der Waals surface area (Å²) in [6, 6.07) is 4.32. The SMILES string of the molecule is OCCOCCNCc1ccc(F)cc1Cl. The van der Waals surface area contributed by atoms with Gasteiger partial charge in [-0.1, -0.05) is 17.7 Å². The summed E-state index contributed by atoms with van der Waals surface area (Å²) >= 11 is 5.85. The van der Waals surface area contributed by atoms with Crippen LogP contribution in [-0.2, 0) is 11.3 Å². The quantitative estimate of drug-likeness (QED) is 0.719. The van der Waals surface area contributed by atoms with Crippen LogP contribution in [0.4, 0.5) is 4.39 Å². The van der Waals surface area contributed by atoms with E-state index < -0.39 is 0 Å². The van der Waals surface area contributed by atoms with Crippen molar-refractivity contribution < 1.29 is 14.2 Å². The maximum absolute atomic E-state index is 12.7. The monoisotopic (exact) mass is 247 g/mol. The number of aliphatic hydroxyl groups is 1. The lowest BCUT2D eigenvalue weighted by Gasteiger charge is -2.07. The molecule has 0 spiro atoms.